The van der Waals surface area contributed by atoms with Crippen molar-refractivity contribution in [3.63, 3.8) is 0 Å². The van der Waals surface area contributed by atoms with E-state index in [2.05, 4.69) is 32.9 Å². The molecule has 0 spiro atoms. The van der Waals surface area contributed by atoms with Crippen molar-refractivity contribution in [2.45, 2.75) is 26.2 Å². The molecule has 0 saturated heterocycles. The van der Waals surface area contributed by atoms with Crippen LogP contribution in [0.4, 0.5) is 0 Å². The Hall–Kier alpha value is -2.16. The first kappa shape index (κ1) is 15.2. The fourth-order valence-corrected chi connectivity index (χ4v) is 2.01. The van der Waals surface area contributed by atoms with Crippen molar-refractivity contribution in [2.75, 3.05) is 14.2 Å². The summed E-state index contributed by atoms with van der Waals surface area (Å²) in [4.78, 5) is 0. The van der Waals surface area contributed by atoms with E-state index in [0.717, 1.165) is 11.5 Å². The maximum atomic E-state index is 5.91. The molecule has 0 aliphatic carbocycles. The van der Waals surface area contributed by atoms with Crippen molar-refractivity contribution in [1.29, 1.82) is 0 Å². The van der Waals surface area contributed by atoms with Crippen molar-refractivity contribution in [2.24, 2.45) is 0 Å². The van der Waals surface area contributed by atoms with Crippen LogP contribution in [0.2, 0.25) is 0 Å². The van der Waals surface area contributed by atoms with E-state index >= 15 is 0 Å². The van der Waals surface area contributed by atoms with Gasteiger partial charge in [-0.15, -0.1) is 0 Å². The molecule has 0 saturated carbocycles. The number of methoxy groups -OCH3 is 2. The standard InChI is InChI=1S/C18H22O3/c1-18(2,3)13-6-8-14(9-7-13)21-17-12-15(19-4)10-11-16(17)20-5/h6-12H,1-5H3. The number of benzene rings is 2. The molecule has 0 amide bonds. The van der Waals surface area contributed by atoms with Crippen LogP contribution in [0, 0.1) is 0 Å². The van der Waals surface area contributed by atoms with E-state index in [4.69, 9.17) is 14.2 Å². The molecule has 2 aromatic carbocycles. The van der Waals surface area contributed by atoms with Crippen molar-refractivity contribution >= 4 is 0 Å². The smallest absolute Gasteiger partial charge is 0.172 e. The Kier molecular flexibility index (Phi) is 4.41. The molecule has 0 aliphatic rings. The Labute approximate surface area is 126 Å². The summed E-state index contributed by atoms with van der Waals surface area (Å²) < 4.78 is 16.4. The largest absolute Gasteiger partial charge is 0.497 e. The molecule has 0 atom stereocenters. The highest BCUT2D eigenvalue weighted by Crippen LogP contribution is 2.35. The van der Waals surface area contributed by atoms with Gasteiger partial charge in [0.25, 0.3) is 0 Å². The topological polar surface area (TPSA) is 27.7 Å². The van der Waals surface area contributed by atoms with Crippen LogP contribution in [0.3, 0.4) is 0 Å². The Balaban J connectivity index is 2.25. The Bertz CT molecular complexity index is 595. The molecule has 0 N–H and O–H groups in total. The van der Waals surface area contributed by atoms with E-state index in [1.165, 1.54) is 5.56 Å². The Morgan fingerprint density at radius 1 is 0.714 bits per heavy atom. The third kappa shape index (κ3) is 3.69. The van der Waals surface area contributed by atoms with E-state index in [-0.39, 0.29) is 5.41 Å². The summed E-state index contributed by atoms with van der Waals surface area (Å²) in [6.45, 7) is 6.57. The van der Waals surface area contributed by atoms with Gasteiger partial charge in [0.2, 0.25) is 0 Å². The minimum atomic E-state index is 0.131. The van der Waals surface area contributed by atoms with E-state index in [0.29, 0.717) is 11.5 Å². The highest BCUT2D eigenvalue weighted by Gasteiger charge is 2.13. The number of hydrogen-bond acceptors (Lipinski definition) is 3. The number of hydrogen-bond donors (Lipinski definition) is 0. The average molecular weight is 286 g/mol. The zero-order valence-electron chi connectivity index (χ0n) is 13.3. The van der Waals surface area contributed by atoms with Crippen LogP contribution in [0.15, 0.2) is 42.5 Å². The summed E-state index contributed by atoms with van der Waals surface area (Å²) in [6, 6.07) is 13.6. The highest BCUT2D eigenvalue weighted by molar-refractivity contribution is 5.48. The minimum Gasteiger partial charge on any atom is -0.497 e. The van der Waals surface area contributed by atoms with Gasteiger partial charge in [-0.05, 0) is 35.2 Å². The first-order valence-corrected chi connectivity index (χ1v) is 6.94. The third-order valence-electron chi connectivity index (χ3n) is 3.32. The second kappa shape index (κ2) is 6.08. The van der Waals surface area contributed by atoms with Crippen LogP contribution >= 0.6 is 0 Å². The lowest BCUT2D eigenvalue weighted by atomic mass is 9.87. The molecule has 0 fully saturated rings. The zero-order valence-corrected chi connectivity index (χ0v) is 13.3. The predicted molar refractivity (Wildman–Crippen MR) is 84.8 cm³/mol. The molecular formula is C18H22O3. The molecule has 21 heavy (non-hydrogen) atoms. The summed E-state index contributed by atoms with van der Waals surface area (Å²) >= 11 is 0. The molecule has 0 heterocycles. The van der Waals surface area contributed by atoms with Crippen LogP contribution in [-0.4, -0.2) is 14.2 Å². The van der Waals surface area contributed by atoms with E-state index in [9.17, 15) is 0 Å². The third-order valence-corrected chi connectivity index (χ3v) is 3.32. The van der Waals surface area contributed by atoms with Gasteiger partial charge in [-0.3, -0.25) is 0 Å². The van der Waals surface area contributed by atoms with Gasteiger partial charge in [0, 0.05) is 6.07 Å². The second-order valence-corrected chi connectivity index (χ2v) is 5.89. The van der Waals surface area contributed by atoms with Gasteiger partial charge in [0.15, 0.2) is 11.5 Å². The SMILES string of the molecule is COc1ccc(OC)c(Oc2ccc(C(C)(C)C)cc2)c1. The van der Waals surface area contributed by atoms with Crippen LogP contribution in [0.25, 0.3) is 0 Å². The molecule has 2 aromatic rings. The molecule has 0 aromatic heterocycles. The normalized spacial score (nSPS) is 11.1. The molecule has 3 heteroatoms. The zero-order chi connectivity index (χ0) is 15.5. The summed E-state index contributed by atoms with van der Waals surface area (Å²) in [5.74, 6) is 2.82. The first-order chi connectivity index (χ1) is 9.94. The van der Waals surface area contributed by atoms with E-state index in [1.54, 1.807) is 14.2 Å². The molecule has 0 bridgehead atoms. The lowest BCUT2D eigenvalue weighted by molar-refractivity contribution is 0.371. The quantitative estimate of drug-likeness (QED) is 0.808. The van der Waals surface area contributed by atoms with Crippen LogP contribution < -0.4 is 14.2 Å². The molecular weight excluding hydrogens is 264 g/mol. The van der Waals surface area contributed by atoms with Crippen molar-refractivity contribution in [1.82, 2.24) is 0 Å². The molecule has 3 nitrogen and oxygen atoms in total. The predicted octanol–water partition coefficient (Wildman–Crippen LogP) is 4.79. The molecule has 0 radical (unpaired) electrons. The number of rotatable bonds is 4. The van der Waals surface area contributed by atoms with Crippen LogP contribution in [0.5, 0.6) is 23.0 Å². The van der Waals surface area contributed by atoms with Crippen molar-refractivity contribution < 1.29 is 14.2 Å². The molecule has 0 unspecified atom stereocenters. The summed E-state index contributed by atoms with van der Waals surface area (Å²) in [6.07, 6.45) is 0. The molecule has 0 aliphatic heterocycles. The van der Waals surface area contributed by atoms with Gasteiger partial charge < -0.3 is 14.2 Å². The fourth-order valence-electron chi connectivity index (χ4n) is 2.01. The Morgan fingerprint density at radius 2 is 1.33 bits per heavy atom. The second-order valence-electron chi connectivity index (χ2n) is 5.89. The van der Waals surface area contributed by atoms with Gasteiger partial charge in [-0.2, -0.15) is 0 Å². The highest BCUT2D eigenvalue weighted by atomic mass is 16.5. The van der Waals surface area contributed by atoms with Gasteiger partial charge >= 0.3 is 0 Å². The lowest BCUT2D eigenvalue weighted by Crippen LogP contribution is -2.10. The summed E-state index contributed by atoms with van der Waals surface area (Å²) in [5.41, 5.74) is 1.40. The van der Waals surface area contributed by atoms with E-state index < -0.39 is 0 Å². The van der Waals surface area contributed by atoms with Crippen molar-refractivity contribution in [3.8, 4) is 23.0 Å². The van der Waals surface area contributed by atoms with Gasteiger partial charge in [-0.1, -0.05) is 32.9 Å². The molecule has 2 rings (SSSR count). The van der Waals surface area contributed by atoms with Gasteiger partial charge in [0.05, 0.1) is 14.2 Å². The fraction of sp³-hybridized carbons (Fsp3) is 0.333. The first-order valence-electron chi connectivity index (χ1n) is 6.94. The summed E-state index contributed by atoms with van der Waals surface area (Å²) in [7, 11) is 3.25. The summed E-state index contributed by atoms with van der Waals surface area (Å²) in [5, 5.41) is 0. The maximum absolute atomic E-state index is 5.91. The van der Waals surface area contributed by atoms with Crippen LogP contribution in [0.1, 0.15) is 26.3 Å². The number of ether oxygens (including phenoxy) is 3. The minimum absolute atomic E-state index is 0.131. The average Bonchev–Trinajstić information content (AvgIpc) is 2.46. The Morgan fingerprint density at radius 3 is 1.86 bits per heavy atom. The molecule has 112 valence electrons. The lowest BCUT2D eigenvalue weighted by Gasteiger charge is -2.19. The monoisotopic (exact) mass is 286 g/mol. The van der Waals surface area contributed by atoms with Crippen LogP contribution in [-0.2, 0) is 5.41 Å². The van der Waals surface area contributed by atoms with Crippen molar-refractivity contribution in [3.05, 3.63) is 48.0 Å². The van der Waals surface area contributed by atoms with E-state index in [1.807, 2.05) is 30.3 Å². The van der Waals surface area contributed by atoms with Gasteiger partial charge in [0.1, 0.15) is 11.5 Å². The maximum Gasteiger partial charge on any atom is 0.172 e. The van der Waals surface area contributed by atoms with Gasteiger partial charge in [-0.25, -0.2) is 0 Å².